The number of carbonyl (C=O) groups is 1. The van der Waals surface area contributed by atoms with Crippen molar-refractivity contribution in [1.29, 1.82) is 0 Å². The zero-order chi connectivity index (χ0) is 14.6. The summed E-state index contributed by atoms with van der Waals surface area (Å²) >= 11 is 0. The van der Waals surface area contributed by atoms with Gasteiger partial charge in [0, 0.05) is 13.1 Å². The van der Waals surface area contributed by atoms with E-state index in [0.29, 0.717) is 12.8 Å². The number of amides is 1. The number of aliphatic hydroxyl groups is 1. The van der Waals surface area contributed by atoms with E-state index in [-0.39, 0.29) is 18.0 Å². The number of aryl methyl sites for hydroxylation is 1. The minimum atomic E-state index is -0.684. The third kappa shape index (κ3) is 3.11. The van der Waals surface area contributed by atoms with E-state index in [2.05, 4.69) is 5.32 Å². The van der Waals surface area contributed by atoms with Crippen LogP contribution >= 0.6 is 0 Å². The number of aliphatic hydroxyl groups excluding tert-OH is 1. The van der Waals surface area contributed by atoms with E-state index in [0.717, 1.165) is 0 Å². The highest BCUT2D eigenvalue weighted by molar-refractivity contribution is 5.94. The first-order chi connectivity index (χ1) is 8.89. The van der Waals surface area contributed by atoms with Gasteiger partial charge in [-0.25, -0.2) is 0 Å². The lowest BCUT2D eigenvalue weighted by Crippen LogP contribution is -2.50. The molecule has 0 atom stereocenters. The van der Waals surface area contributed by atoms with E-state index < -0.39 is 16.4 Å². The van der Waals surface area contributed by atoms with Crippen molar-refractivity contribution >= 4 is 11.6 Å². The van der Waals surface area contributed by atoms with Crippen LogP contribution in [0.5, 0.6) is 0 Å². The smallest absolute Gasteiger partial charge is 0.287 e. The van der Waals surface area contributed by atoms with Crippen LogP contribution in [0, 0.1) is 10.1 Å². The number of nitrogens with one attached hydrogen (secondary N) is 1. The predicted molar refractivity (Wildman–Crippen MR) is 69.9 cm³/mol. The van der Waals surface area contributed by atoms with Crippen LogP contribution in [0.3, 0.4) is 0 Å². The zero-order valence-corrected chi connectivity index (χ0v) is 11.3. The molecule has 0 saturated carbocycles. The van der Waals surface area contributed by atoms with E-state index in [1.807, 2.05) is 13.8 Å². The number of nitrogens with zero attached hydrogens (tertiary/aromatic N) is 2. The van der Waals surface area contributed by atoms with Crippen LogP contribution in [-0.2, 0) is 7.05 Å². The standard InChI is InChI=1S/C12H19N3O4/c1-4-12(5-2,8-16)13-11(17)10-6-9(15(18)19)7-14(10)3/h6-7,16H,4-5,8H2,1-3H3,(H,13,17). The number of nitro groups is 1. The van der Waals surface area contributed by atoms with Gasteiger partial charge in [-0.1, -0.05) is 13.8 Å². The van der Waals surface area contributed by atoms with Crippen molar-refractivity contribution < 1.29 is 14.8 Å². The van der Waals surface area contributed by atoms with Gasteiger partial charge in [-0.05, 0) is 12.8 Å². The van der Waals surface area contributed by atoms with Crippen LogP contribution in [-0.4, -0.2) is 32.6 Å². The van der Waals surface area contributed by atoms with Crippen LogP contribution in [0.1, 0.15) is 37.2 Å². The maximum atomic E-state index is 12.1. The lowest BCUT2D eigenvalue weighted by atomic mass is 9.93. The first-order valence-corrected chi connectivity index (χ1v) is 6.13. The molecular formula is C12H19N3O4. The Balaban J connectivity index is 2.98. The Morgan fingerprint density at radius 1 is 1.53 bits per heavy atom. The summed E-state index contributed by atoms with van der Waals surface area (Å²) in [7, 11) is 1.57. The van der Waals surface area contributed by atoms with Crippen molar-refractivity contribution in [1.82, 2.24) is 9.88 Å². The minimum absolute atomic E-state index is 0.129. The molecule has 1 aromatic heterocycles. The summed E-state index contributed by atoms with van der Waals surface area (Å²) in [6.07, 6.45) is 2.45. The molecule has 1 heterocycles. The van der Waals surface area contributed by atoms with Gasteiger partial charge in [0.2, 0.25) is 0 Å². The van der Waals surface area contributed by atoms with E-state index >= 15 is 0 Å². The molecule has 0 aromatic carbocycles. The van der Waals surface area contributed by atoms with Gasteiger partial charge in [-0.3, -0.25) is 14.9 Å². The Morgan fingerprint density at radius 3 is 2.47 bits per heavy atom. The van der Waals surface area contributed by atoms with Gasteiger partial charge in [-0.2, -0.15) is 0 Å². The third-order valence-electron chi connectivity index (χ3n) is 3.47. The van der Waals surface area contributed by atoms with Gasteiger partial charge in [0.1, 0.15) is 5.69 Å². The fourth-order valence-corrected chi connectivity index (χ4v) is 1.87. The quantitative estimate of drug-likeness (QED) is 0.599. The Morgan fingerprint density at radius 2 is 2.11 bits per heavy atom. The van der Waals surface area contributed by atoms with Crippen molar-refractivity contribution in [2.24, 2.45) is 7.05 Å². The van der Waals surface area contributed by atoms with E-state index in [9.17, 15) is 20.0 Å². The molecule has 0 aliphatic rings. The van der Waals surface area contributed by atoms with E-state index in [4.69, 9.17) is 0 Å². The number of hydrogen-bond donors (Lipinski definition) is 2. The molecule has 0 fully saturated rings. The molecule has 7 nitrogen and oxygen atoms in total. The van der Waals surface area contributed by atoms with Crippen molar-refractivity contribution in [3.05, 3.63) is 28.1 Å². The summed E-state index contributed by atoms with van der Waals surface area (Å²) < 4.78 is 1.40. The van der Waals surface area contributed by atoms with Gasteiger partial charge in [0.05, 0.1) is 23.3 Å². The van der Waals surface area contributed by atoms with Crippen LogP contribution in [0.15, 0.2) is 12.3 Å². The number of carbonyl (C=O) groups excluding carboxylic acids is 1. The molecule has 0 unspecified atom stereocenters. The third-order valence-corrected chi connectivity index (χ3v) is 3.47. The summed E-state index contributed by atoms with van der Waals surface area (Å²) in [5.74, 6) is -0.423. The van der Waals surface area contributed by atoms with Crippen molar-refractivity contribution in [2.75, 3.05) is 6.61 Å². The molecule has 7 heteroatoms. The molecule has 1 aromatic rings. The summed E-state index contributed by atoms with van der Waals surface area (Å²) in [5.41, 5.74) is -0.613. The van der Waals surface area contributed by atoms with Gasteiger partial charge in [0.25, 0.3) is 11.6 Å². The van der Waals surface area contributed by atoms with Gasteiger partial charge in [-0.15, -0.1) is 0 Å². The Bertz CT molecular complexity index is 469. The van der Waals surface area contributed by atoms with Gasteiger partial charge in [0.15, 0.2) is 0 Å². The summed E-state index contributed by atoms with van der Waals surface area (Å²) in [6.45, 7) is 3.57. The highest BCUT2D eigenvalue weighted by Crippen LogP contribution is 2.18. The maximum absolute atomic E-state index is 12.1. The van der Waals surface area contributed by atoms with Crippen LogP contribution in [0.2, 0.25) is 0 Å². The predicted octanol–water partition coefficient (Wildman–Crippen LogP) is 1.21. The molecule has 0 aliphatic carbocycles. The SMILES string of the molecule is CCC(CC)(CO)NC(=O)c1cc([N+](=O)[O-])cn1C. The highest BCUT2D eigenvalue weighted by atomic mass is 16.6. The molecule has 0 spiro atoms. The zero-order valence-electron chi connectivity index (χ0n) is 11.3. The van der Waals surface area contributed by atoms with Crippen LogP contribution in [0.25, 0.3) is 0 Å². The fraction of sp³-hybridized carbons (Fsp3) is 0.583. The van der Waals surface area contributed by atoms with Crippen molar-refractivity contribution in [3.8, 4) is 0 Å². The first kappa shape index (κ1) is 15.2. The van der Waals surface area contributed by atoms with Gasteiger partial charge >= 0.3 is 0 Å². The van der Waals surface area contributed by atoms with Gasteiger partial charge < -0.3 is 15.0 Å². The Kier molecular flexibility index (Phi) is 4.66. The van der Waals surface area contributed by atoms with Crippen molar-refractivity contribution in [2.45, 2.75) is 32.2 Å². The average Bonchev–Trinajstić information content (AvgIpc) is 2.78. The Hall–Kier alpha value is -1.89. The largest absolute Gasteiger partial charge is 0.394 e. The molecular weight excluding hydrogens is 250 g/mol. The first-order valence-electron chi connectivity index (χ1n) is 6.13. The monoisotopic (exact) mass is 269 g/mol. The molecule has 0 radical (unpaired) electrons. The molecule has 1 amide bonds. The lowest BCUT2D eigenvalue weighted by Gasteiger charge is -2.30. The highest BCUT2D eigenvalue weighted by Gasteiger charge is 2.29. The second-order valence-electron chi connectivity index (χ2n) is 4.55. The van der Waals surface area contributed by atoms with E-state index in [1.165, 1.54) is 16.8 Å². The second-order valence-corrected chi connectivity index (χ2v) is 4.55. The summed E-state index contributed by atoms with van der Waals surface area (Å²) in [4.78, 5) is 22.2. The normalized spacial score (nSPS) is 11.4. The second kappa shape index (κ2) is 5.83. The molecule has 0 bridgehead atoms. The maximum Gasteiger partial charge on any atom is 0.287 e. The lowest BCUT2D eigenvalue weighted by molar-refractivity contribution is -0.384. The number of aromatic nitrogens is 1. The summed E-state index contributed by atoms with van der Waals surface area (Å²) in [6, 6.07) is 1.22. The molecule has 2 N–H and O–H groups in total. The molecule has 0 saturated heterocycles. The average molecular weight is 269 g/mol. The molecule has 19 heavy (non-hydrogen) atoms. The molecule has 1 rings (SSSR count). The fourth-order valence-electron chi connectivity index (χ4n) is 1.87. The summed E-state index contributed by atoms with van der Waals surface area (Å²) in [5, 5.41) is 22.8. The Labute approximate surface area is 111 Å². The van der Waals surface area contributed by atoms with Crippen LogP contribution < -0.4 is 5.32 Å². The minimum Gasteiger partial charge on any atom is -0.394 e. The topological polar surface area (TPSA) is 97.4 Å². The van der Waals surface area contributed by atoms with Crippen LogP contribution in [0.4, 0.5) is 5.69 Å². The number of rotatable bonds is 6. The van der Waals surface area contributed by atoms with E-state index in [1.54, 1.807) is 7.05 Å². The molecule has 106 valence electrons. The number of hydrogen-bond acceptors (Lipinski definition) is 4. The van der Waals surface area contributed by atoms with Crippen molar-refractivity contribution in [3.63, 3.8) is 0 Å². The molecule has 0 aliphatic heterocycles.